The standard InChI is InChI=1S/C20H17ClN2O4/c21-15-4-2-14(3-5-15)18-11-23-20(27-18)8-7-19(24)22-10-13-1-6-16-17(9-13)26-12-25-16/h1-6,9,11H,7-8,10,12H2,(H,22,24). The number of oxazole rings is 1. The normalized spacial score (nSPS) is 12.2. The number of carbonyl (C=O) groups excluding carboxylic acids is 1. The number of nitrogens with zero attached hydrogens (tertiary/aromatic N) is 1. The van der Waals surface area contributed by atoms with Crippen molar-refractivity contribution in [3.05, 3.63) is 65.1 Å². The van der Waals surface area contributed by atoms with Crippen molar-refractivity contribution in [3.63, 3.8) is 0 Å². The molecule has 0 fully saturated rings. The third-order valence-corrected chi connectivity index (χ3v) is 4.43. The van der Waals surface area contributed by atoms with E-state index in [4.69, 9.17) is 25.5 Å². The molecule has 1 aliphatic heterocycles. The molecule has 0 saturated carbocycles. The fraction of sp³-hybridized carbons (Fsp3) is 0.200. The van der Waals surface area contributed by atoms with Crippen LogP contribution in [0.1, 0.15) is 17.9 Å². The average Bonchev–Trinajstić information content (AvgIpc) is 3.34. The lowest BCUT2D eigenvalue weighted by atomic mass is 10.2. The molecule has 7 heteroatoms. The minimum Gasteiger partial charge on any atom is -0.454 e. The molecule has 2 heterocycles. The second-order valence-electron chi connectivity index (χ2n) is 6.09. The number of aryl methyl sites for hydroxylation is 1. The van der Waals surface area contributed by atoms with Gasteiger partial charge >= 0.3 is 0 Å². The summed E-state index contributed by atoms with van der Waals surface area (Å²) in [6, 6.07) is 12.9. The Bertz CT molecular complexity index is 953. The van der Waals surface area contributed by atoms with E-state index in [0.717, 1.165) is 16.9 Å². The molecule has 4 rings (SSSR count). The maximum Gasteiger partial charge on any atom is 0.231 e. The molecule has 27 heavy (non-hydrogen) atoms. The zero-order valence-corrected chi connectivity index (χ0v) is 15.2. The predicted molar refractivity (Wildman–Crippen MR) is 99.7 cm³/mol. The molecule has 3 aromatic rings. The molecule has 1 aromatic heterocycles. The number of amides is 1. The number of halogens is 1. The van der Waals surface area contributed by atoms with Crippen LogP contribution in [0.15, 0.2) is 53.1 Å². The first-order valence-electron chi connectivity index (χ1n) is 8.53. The van der Waals surface area contributed by atoms with Crippen LogP contribution in [0.5, 0.6) is 11.5 Å². The Balaban J connectivity index is 1.27. The van der Waals surface area contributed by atoms with Gasteiger partial charge in [-0.15, -0.1) is 0 Å². The summed E-state index contributed by atoms with van der Waals surface area (Å²) in [5.41, 5.74) is 1.85. The summed E-state index contributed by atoms with van der Waals surface area (Å²) in [6.07, 6.45) is 2.38. The number of hydrogen-bond donors (Lipinski definition) is 1. The smallest absolute Gasteiger partial charge is 0.231 e. The Hall–Kier alpha value is -2.99. The predicted octanol–water partition coefficient (Wildman–Crippen LogP) is 3.97. The minimum atomic E-state index is -0.0705. The first-order valence-corrected chi connectivity index (χ1v) is 8.91. The first kappa shape index (κ1) is 17.4. The van der Waals surface area contributed by atoms with E-state index in [-0.39, 0.29) is 12.7 Å². The highest BCUT2D eigenvalue weighted by molar-refractivity contribution is 6.30. The Morgan fingerprint density at radius 1 is 1.11 bits per heavy atom. The van der Waals surface area contributed by atoms with Crippen molar-refractivity contribution in [3.8, 4) is 22.8 Å². The van der Waals surface area contributed by atoms with E-state index in [0.29, 0.717) is 41.8 Å². The quantitative estimate of drug-likeness (QED) is 0.696. The van der Waals surface area contributed by atoms with Gasteiger partial charge in [-0.1, -0.05) is 17.7 Å². The zero-order chi connectivity index (χ0) is 18.6. The molecule has 138 valence electrons. The van der Waals surface area contributed by atoms with Gasteiger partial charge < -0.3 is 19.2 Å². The molecule has 1 amide bonds. The van der Waals surface area contributed by atoms with Gasteiger partial charge in [-0.2, -0.15) is 0 Å². The van der Waals surface area contributed by atoms with Gasteiger partial charge in [0.25, 0.3) is 0 Å². The van der Waals surface area contributed by atoms with Crippen molar-refractivity contribution in [2.45, 2.75) is 19.4 Å². The van der Waals surface area contributed by atoms with Gasteiger partial charge in [-0.25, -0.2) is 4.98 Å². The fourth-order valence-corrected chi connectivity index (χ4v) is 2.86. The van der Waals surface area contributed by atoms with Crippen LogP contribution in [0.4, 0.5) is 0 Å². The Kier molecular flexibility index (Phi) is 4.98. The van der Waals surface area contributed by atoms with E-state index in [9.17, 15) is 4.79 Å². The number of aromatic nitrogens is 1. The Morgan fingerprint density at radius 3 is 2.78 bits per heavy atom. The Labute approximate surface area is 161 Å². The molecule has 1 aliphatic rings. The van der Waals surface area contributed by atoms with Crippen LogP contribution in [0.25, 0.3) is 11.3 Å². The van der Waals surface area contributed by atoms with Crippen LogP contribution < -0.4 is 14.8 Å². The number of nitrogens with one attached hydrogen (secondary N) is 1. The minimum absolute atomic E-state index is 0.0705. The van der Waals surface area contributed by atoms with Crippen LogP contribution in [0.2, 0.25) is 5.02 Å². The largest absolute Gasteiger partial charge is 0.454 e. The van der Waals surface area contributed by atoms with Crippen LogP contribution in [0.3, 0.4) is 0 Å². The van der Waals surface area contributed by atoms with Crippen molar-refractivity contribution in [2.24, 2.45) is 0 Å². The highest BCUT2D eigenvalue weighted by atomic mass is 35.5. The lowest BCUT2D eigenvalue weighted by Gasteiger charge is -2.05. The molecular formula is C20H17ClN2O4. The van der Waals surface area contributed by atoms with Gasteiger partial charge in [0.15, 0.2) is 23.1 Å². The van der Waals surface area contributed by atoms with Crippen molar-refractivity contribution < 1.29 is 18.7 Å². The highest BCUT2D eigenvalue weighted by Crippen LogP contribution is 2.32. The van der Waals surface area contributed by atoms with E-state index in [1.54, 1.807) is 18.3 Å². The third kappa shape index (κ3) is 4.23. The summed E-state index contributed by atoms with van der Waals surface area (Å²) >= 11 is 5.89. The molecule has 6 nitrogen and oxygen atoms in total. The molecule has 1 N–H and O–H groups in total. The summed E-state index contributed by atoms with van der Waals surface area (Å²) in [6.45, 7) is 0.663. The van der Waals surface area contributed by atoms with Crippen LogP contribution >= 0.6 is 11.6 Å². The molecule has 0 bridgehead atoms. The van der Waals surface area contributed by atoms with Gasteiger partial charge in [0.05, 0.1) is 6.20 Å². The summed E-state index contributed by atoms with van der Waals surface area (Å²) in [5, 5.41) is 3.55. The van der Waals surface area contributed by atoms with Crippen molar-refractivity contribution in [1.29, 1.82) is 0 Å². The van der Waals surface area contributed by atoms with Gasteiger partial charge in [-0.05, 0) is 42.0 Å². The summed E-state index contributed by atoms with van der Waals surface area (Å²) in [4.78, 5) is 16.3. The van der Waals surface area contributed by atoms with Gasteiger partial charge in [0.2, 0.25) is 12.7 Å². The SMILES string of the molecule is O=C(CCc1ncc(-c2ccc(Cl)cc2)o1)NCc1ccc2c(c1)OCO2. The average molecular weight is 385 g/mol. The molecule has 0 saturated heterocycles. The summed E-state index contributed by atoms with van der Waals surface area (Å²) in [7, 11) is 0. The van der Waals surface area contributed by atoms with Gasteiger partial charge in [-0.3, -0.25) is 4.79 Å². The van der Waals surface area contributed by atoms with Crippen molar-refractivity contribution in [1.82, 2.24) is 10.3 Å². The lowest BCUT2D eigenvalue weighted by Crippen LogP contribution is -2.23. The van der Waals surface area contributed by atoms with Crippen LogP contribution in [-0.2, 0) is 17.8 Å². The second-order valence-corrected chi connectivity index (χ2v) is 6.53. The summed E-state index contributed by atoms with van der Waals surface area (Å²) in [5.74, 6) is 2.54. The first-order chi connectivity index (χ1) is 13.2. The Morgan fingerprint density at radius 2 is 1.93 bits per heavy atom. The number of benzene rings is 2. The molecule has 2 aromatic carbocycles. The second kappa shape index (κ2) is 7.72. The van der Waals surface area contributed by atoms with E-state index in [1.165, 1.54) is 0 Å². The lowest BCUT2D eigenvalue weighted by molar-refractivity contribution is -0.121. The number of carbonyl (C=O) groups is 1. The maximum atomic E-state index is 12.1. The van der Waals surface area contributed by atoms with Crippen molar-refractivity contribution >= 4 is 17.5 Å². The fourth-order valence-electron chi connectivity index (χ4n) is 2.73. The van der Waals surface area contributed by atoms with E-state index >= 15 is 0 Å². The maximum absolute atomic E-state index is 12.1. The van der Waals surface area contributed by atoms with Gasteiger partial charge in [0.1, 0.15) is 0 Å². The van der Waals surface area contributed by atoms with Gasteiger partial charge in [0, 0.05) is 30.0 Å². The van der Waals surface area contributed by atoms with E-state index < -0.39 is 0 Å². The highest BCUT2D eigenvalue weighted by Gasteiger charge is 2.14. The van der Waals surface area contributed by atoms with Crippen molar-refractivity contribution in [2.75, 3.05) is 6.79 Å². The topological polar surface area (TPSA) is 73.6 Å². The zero-order valence-electron chi connectivity index (χ0n) is 14.4. The summed E-state index contributed by atoms with van der Waals surface area (Å²) < 4.78 is 16.3. The molecule has 0 aliphatic carbocycles. The molecule has 0 unspecified atom stereocenters. The van der Waals surface area contributed by atoms with E-state index in [2.05, 4.69) is 10.3 Å². The molecule has 0 radical (unpaired) electrons. The molecular weight excluding hydrogens is 368 g/mol. The van der Waals surface area contributed by atoms with E-state index in [1.807, 2.05) is 30.3 Å². The monoisotopic (exact) mass is 384 g/mol. The molecule has 0 spiro atoms. The number of ether oxygens (including phenoxy) is 2. The third-order valence-electron chi connectivity index (χ3n) is 4.17. The number of hydrogen-bond acceptors (Lipinski definition) is 5. The van der Waals surface area contributed by atoms with Crippen LogP contribution in [0, 0.1) is 0 Å². The molecule has 0 atom stereocenters. The number of rotatable bonds is 6. The van der Waals surface area contributed by atoms with Crippen LogP contribution in [-0.4, -0.2) is 17.7 Å². The number of fused-ring (bicyclic) bond motifs is 1.